The fourth-order valence-electron chi connectivity index (χ4n) is 1.95. The van der Waals surface area contributed by atoms with Gasteiger partial charge in [-0.3, -0.25) is 0 Å². The van der Waals surface area contributed by atoms with Gasteiger partial charge in [0, 0.05) is 10.4 Å². The summed E-state index contributed by atoms with van der Waals surface area (Å²) in [6, 6.07) is 8.13. The maximum Gasteiger partial charge on any atom is 0.127 e. The summed E-state index contributed by atoms with van der Waals surface area (Å²) < 4.78 is 5.50. The zero-order chi connectivity index (χ0) is 12.4. The molecule has 2 rings (SSSR count). The molecule has 0 saturated heterocycles. The minimum atomic E-state index is -0.107. The molecule has 90 valence electrons. The average molecular weight is 247 g/mol. The molecule has 1 unspecified atom stereocenters. The molecule has 17 heavy (non-hydrogen) atoms. The van der Waals surface area contributed by atoms with Crippen molar-refractivity contribution in [2.75, 3.05) is 7.11 Å². The zero-order valence-corrected chi connectivity index (χ0v) is 11.2. The second kappa shape index (κ2) is 4.90. The quantitative estimate of drug-likeness (QED) is 0.902. The Labute approximate surface area is 106 Å². The molecule has 0 saturated carbocycles. The van der Waals surface area contributed by atoms with E-state index in [0.29, 0.717) is 0 Å². The number of methoxy groups -OCH3 is 1. The lowest BCUT2D eigenvalue weighted by atomic mass is 9.99. The summed E-state index contributed by atoms with van der Waals surface area (Å²) in [5.41, 5.74) is 9.73. The molecule has 0 amide bonds. The molecule has 0 aliphatic carbocycles. The third-order valence-corrected chi connectivity index (χ3v) is 4.05. The van der Waals surface area contributed by atoms with E-state index < -0.39 is 0 Å². The van der Waals surface area contributed by atoms with Gasteiger partial charge in [-0.05, 0) is 36.4 Å². The van der Waals surface area contributed by atoms with Gasteiger partial charge in [0.1, 0.15) is 5.75 Å². The SMILES string of the molecule is COc1c(C(N)c2cccs2)ccc(C)c1C. The maximum absolute atomic E-state index is 6.29. The molecule has 2 aromatic rings. The second-order valence-corrected chi connectivity index (χ2v) is 5.10. The van der Waals surface area contributed by atoms with Crippen molar-refractivity contribution in [3.63, 3.8) is 0 Å². The van der Waals surface area contributed by atoms with Crippen molar-refractivity contribution in [1.82, 2.24) is 0 Å². The van der Waals surface area contributed by atoms with Crippen LogP contribution in [0.5, 0.6) is 5.75 Å². The van der Waals surface area contributed by atoms with E-state index >= 15 is 0 Å². The van der Waals surface area contributed by atoms with Gasteiger partial charge in [-0.2, -0.15) is 0 Å². The first-order valence-corrected chi connectivity index (χ1v) is 6.46. The Kier molecular flexibility index (Phi) is 3.50. The van der Waals surface area contributed by atoms with Gasteiger partial charge in [-0.25, -0.2) is 0 Å². The number of thiophene rings is 1. The summed E-state index contributed by atoms with van der Waals surface area (Å²) in [7, 11) is 1.70. The van der Waals surface area contributed by atoms with Crippen molar-refractivity contribution in [2.24, 2.45) is 5.73 Å². The summed E-state index contributed by atoms with van der Waals surface area (Å²) in [5.74, 6) is 0.908. The predicted molar refractivity (Wildman–Crippen MR) is 72.8 cm³/mol. The molecule has 1 aromatic carbocycles. The summed E-state index contributed by atoms with van der Waals surface area (Å²) in [6.07, 6.45) is 0. The molecular weight excluding hydrogens is 230 g/mol. The van der Waals surface area contributed by atoms with E-state index in [4.69, 9.17) is 10.5 Å². The topological polar surface area (TPSA) is 35.2 Å². The van der Waals surface area contributed by atoms with Gasteiger partial charge < -0.3 is 10.5 Å². The van der Waals surface area contributed by atoms with Crippen LogP contribution in [0.4, 0.5) is 0 Å². The van der Waals surface area contributed by atoms with Crippen LogP contribution in [-0.2, 0) is 0 Å². The first kappa shape index (κ1) is 12.1. The fourth-order valence-corrected chi connectivity index (χ4v) is 2.69. The molecule has 0 aliphatic rings. The van der Waals surface area contributed by atoms with E-state index in [0.717, 1.165) is 21.8 Å². The largest absolute Gasteiger partial charge is 0.496 e. The Morgan fingerprint density at radius 2 is 2.00 bits per heavy atom. The Morgan fingerprint density at radius 3 is 2.59 bits per heavy atom. The van der Waals surface area contributed by atoms with Crippen LogP contribution < -0.4 is 10.5 Å². The second-order valence-electron chi connectivity index (χ2n) is 4.12. The van der Waals surface area contributed by atoms with Crippen LogP contribution in [0, 0.1) is 13.8 Å². The highest BCUT2D eigenvalue weighted by Gasteiger charge is 2.17. The highest BCUT2D eigenvalue weighted by molar-refractivity contribution is 7.10. The van der Waals surface area contributed by atoms with E-state index in [-0.39, 0.29) is 6.04 Å². The average Bonchev–Trinajstić information content (AvgIpc) is 2.85. The molecule has 3 heteroatoms. The standard InChI is InChI=1S/C14H17NOS/c1-9-6-7-11(14(16-3)10(9)2)13(15)12-5-4-8-17-12/h4-8,13H,15H2,1-3H3. The van der Waals surface area contributed by atoms with Crippen LogP contribution in [0.25, 0.3) is 0 Å². The van der Waals surface area contributed by atoms with E-state index in [2.05, 4.69) is 32.0 Å². The Morgan fingerprint density at radius 1 is 1.24 bits per heavy atom. The van der Waals surface area contributed by atoms with Crippen LogP contribution in [0.2, 0.25) is 0 Å². The summed E-state index contributed by atoms with van der Waals surface area (Å²) in [5, 5.41) is 2.04. The van der Waals surface area contributed by atoms with Gasteiger partial charge in [-0.15, -0.1) is 11.3 Å². The molecule has 2 nitrogen and oxygen atoms in total. The fraction of sp³-hybridized carbons (Fsp3) is 0.286. The Bertz CT molecular complexity index is 505. The van der Waals surface area contributed by atoms with Gasteiger partial charge in [0.25, 0.3) is 0 Å². The predicted octanol–water partition coefficient (Wildman–Crippen LogP) is 3.42. The smallest absolute Gasteiger partial charge is 0.127 e. The lowest BCUT2D eigenvalue weighted by Gasteiger charge is -2.17. The van der Waals surface area contributed by atoms with Crippen molar-refractivity contribution in [2.45, 2.75) is 19.9 Å². The minimum Gasteiger partial charge on any atom is -0.496 e. The van der Waals surface area contributed by atoms with Gasteiger partial charge in [-0.1, -0.05) is 18.2 Å². The number of benzene rings is 1. The molecule has 0 radical (unpaired) electrons. The molecular formula is C14H17NOS. The van der Waals surface area contributed by atoms with Gasteiger partial charge >= 0.3 is 0 Å². The van der Waals surface area contributed by atoms with Crippen molar-refractivity contribution < 1.29 is 4.74 Å². The molecule has 0 aliphatic heterocycles. The van der Waals surface area contributed by atoms with Gasteiger partial charge in [0.2, 0.25) is 0 Å². The minimum absolute atomic E-state index is 0.107. The maximum atomic E-state index is 6.29. The molecule has 1 aromatic heterocycles. The highest BCUT2D eigenvalue weighted by Crippen LogP contribution is 2.34. The van der Waals surface area contributed by atoms with Crippen LogP contribution in [0.1, 0.15) is 27.6 Å². The van der Waals surface area contributed by atoms with Crippen LogP contribution in [0.3, 0.4) is 0 Å². The molecule has 1 atom stereocenters. The van der Waals surface area contributed by atoms with Crippen LogP contribution in [0.15, 0.2) is 29.6 Å². The van der Waals surface area contributed by atoms with Gasteiger partial charge in [0.15, 0.2) is 0 Å². The van der Waals surface area contributed by atoms with Crippen LogP contribution >= 0.6 is 11.3 Å². The van der Waals surface area contributed by atoms with Crippen molar-refractivity contribution in [3.05, 3.63) is 51.2 Å². The molecule has 1 heterocycles. The molecule has 0 spiro atoms. The summed E-state index contributed by atoms with van der Waals surface area (Å²) in [4.78, 5) is 1.16. The molecule has 0 fully saturated rings. The lowest BCUT2D eigenvalue weighted by Crippen LogP contribution is -2.12. The number of nitrogens with two attached hydrogens (primary N) is 1. The number of rotatable bonds is 3. The summed E-state index contributed by atoms with van der Waals surface area (Å²) in [6.45, 7) is 4.15. The van der Waals surface area contributed by atoms with Crippen molar-refractivity contribution >= 4 is 11.3 Å². The number of ether oxygens (including phenoxy) is 1. The monoisotopic (exact) mass is 247 g/mol. The Hall–Kier alpha value is -1.32. The first-order chi connectivity index (χ1) is 8.15. The number of aryl methyl sites for hydroxylation is 1. The van der Waals surface area contributed by atoms with E-state index in [1.165, 1.54) is 5.56 Å². The number of hydrogen-bond acceptors (Lipinski definition) is 3. The molecule has 0 bridgehead atoms. The third-order valence-electron chi connectivity index (χ3n) is 3.10. The lowest BCUT2D eigenvalue weighted by molar-refractivity contribution is 0.404. The normalized spacial score (nSPS) is 12.5. The van der Waals surface area contributed by atoms with E-state index in [9.17, 15) is 0 Å². The van der Waals surface area contributed by atoms with Crippen molar-refractivity contribution in [1.29, 1.82) is 0 Å². The van der Waals surface area contributed by atoms with Crippen LogP contribution in [-0.4, -0.2) is 7.11 Å². The first-order valence-electron chi connectivity index (χ1n) is 5.58. The Balaban J connectivity index is 2.49. The number of hydrogen-bond donors (Lipinski definition) is 1. The van der Waals surface area contributed by atoms with Crippen molar-refractivity contribution in [3.8, 4) is 5.75 Å². The zero-order valence-electron chi connectivity index (χ0n) is 10.4. The highest BCUT2D eigenvalue weighted by atomic mass is 32.1. The van der Waals surface area contributed by atoms with E-state index in [1.54, 1.807) is 18.4 Å². The van der Waals surface area contributed by atoms with Gasteiger partial charge in [0.05, 0.1) is 13.2 Å². The molecule has 2 N–H and O–H groups in total. The third kappa shape index (κ3) is 2.21. The summed E-state index contributed by atoms with van der Waals surface area (Å²) >= 11 is 1.67. The van der Waals surface area contributed by atoms with E-state index in [1.807, 2.05) is 11.4 Å².